The first-order valence-corrected chi connectivity index (χ1v) is 9.48. The number of aryl methyl sites for hydroxylation is 1. The highest BCUT2D eigenvalue weighted by molar-refractivity contribution is 5.41. The number of nitrogens with zero attached hydrogens (tertiary/aromatic N) is 1. The summed E-state index contributed by atoms with van der Waals surface area (Å²) < 4.78 is 6.37. The van der Waals surface area contributed by atoms with E-state index in [1.807, 2.05) is 55.5 Å². The minimum atomic E-state index is -0.466. The topological polar surface area (TPSA) is 52.9 Å². The maximum atomic E-state index is 10.6. The summed E-state index contributed by atoms with van der Waals surface area (Å²) in [7, 11) is 0. The summed E-state index contributed by atoms with van der Waals surface area (Å²) in [5, 5.41) is 21.1. The first kappa shape index (κ1) is 17.5. The van der Waals surface area contributed by atoms with Gasteiger partial charge in [-0.1, -0.05) is 42.0 Å². The summed E-state index contributed by atoms with van der Waals surface area (Å²) in [4.78, 5) is 2.29. The van der Waals surface area contributed by atoms with Gasteiger partial charge in [0.25, 0.3) is 0 Å². The fourth-order valence-electron chi connectivity index (χ4n) is 4.23. The van der Waals surface area contributed by atoms with E-state index in [0.717, 1.165) is 48.4 Å². The van der Waals surface area contributed by atoms with Gasteiger partial charge in [-0.2, -0.15) is 0 Å². The fraction of sp³-hybridized carbons (Fsp3) is 0.455. The lowest BCUT2D eigenvalue weighted by molar-refractivity contribution is -0.0588. The van der Waals surface area contributed by atoms with Gasteiger partial charge in [-0.3, -0.25) is 0 Å². The second-order valence-electron chi connectivity index (χ2n) is 7.77. The SMILES string of the molecule is Cc1ccc2c(c1)[C@@H](O)CC1(CCN(C[C@@H](O)c3ccccc3)CC1)O2. The van der Waals surface area contributed by atoms with Crippen molar-refractivity contribution in [1.82, 2.24) is 4.90 Å². The number of hydrogen-bond acceptors (Lipinski definition) is 4. The van der Waals surface area contributed by atoms with Crippen LogP contribution in [0.15, 0.2) is 48.5 Å². The van der Waals surface area contributed by atoms with E-state index in [4.69, 9.17) is 4.74 Å². The molecule has 2 atom stereocenters. The molecule has 2 aliphatic rings. The van der Waals surface area contributed by atoms with Gasteiger partial charge < -0.3 is 19.8 Å². The minimum Gasteiger partial charge on any atom is -0.487 e. The molecule has 0 aromatic heterocycles. The van der Waals surface area contributed by atoms with E-state index in [-0.39, 0.29) is 5.60 Å². The van der Waals surface area contributed by atoms with E-state index < -0.39 is 12.2 Å². The van der Waals surface area contributed by atoms with Crippen molar-refractivity contribution >= 4 is 0 Å². The van der Waals surface area contributed by atoms with Crippen molar-refractivity contribution in [3.05, 3.63) is 65.2 Å². The molecule has 138 valence electrons. The largest absolute Gasteiger partial charge is 0.487 e. The first-order valence-electron chi connectivity index (χ1n) is 9.48. The molecule has 26 heavy (non-hydrogen) atoms. The zero-order chi connectivity index (χ0) is 18.1. The standard InChI is InChI=1S/C22H27NO3/c1-16-7-8-21-18(13-16)19(24)14-22(26-21)9-11-23(12-10-22)15-20(25)17-5-3-2-4-6-17/h2-8,13,19-20,24-25H,9-12,14-15H2,1H3/t19-,20+/m0/s1. The van der Waals surface area contributed by atoms with Crippen LogP contribution in [-0.4, -0.2) is 40.3 Å². The number of aliphatic hydroxyl groups is 2. The Morgan fingerprint density at radius 2 is 1.88 bits per heavy atom. The molecule has 1 fully saturated rings. The zero-order valence-electron chi connectivity index (χ0n) is 15.3. The maximum absolute atomic E-state index is 10.6. The normalized spacial score (nSPS) is 23.3. The number of fused-ring (bicyclic) bond motifs is 1. The first-order chi connectivity index (χ1) is 12.5. The van der Waals surface area contributed by atoms with E-state index in [2.05, 4.69) is 4.90 Å². The third-order valence-corrected chi connectivity index (χ3v) is 5.80. The third kappa shape index (κ3) is 3.50. The predicted molar refractivity (Wildman–Crippen MR) is 101 cm³/mol. The van der Waals surface area contributed by atoms with Crippen LogP contribution in [0.2, 0.25) is 0 Å². The molecule has 2 aromatic rings. The van der Waals surface area contributed by atoms with Gasteiger partial charge in [0.15, 0.2) is 0 Å². The Morgan fingerprint density at radius 1 is 1.15 bits per heavy atom. The number of ether oxygens (including phenoxy) is 1. The van der Waals surface area contributed by atoms with E-state index in [1.54, 1.807) is 0 Å². The molecule has 0 saturated carbocycles. The van der Waals surface area contributed by atoms with Crippen LogP contribution in [0.1, 0.15) is 48.2 Å². The Labute approximate surface area is 155 Å². The summed E-state index contributed by atoms with van der Waals surface area (Å²) in [5.74, 6) is 0.826. The molecule has 1 saturated heterocycles. The molecule has 4 nitrogen and oxygen atoms in total. The summed E-state index contributed by atoms with van der Waals surface area (Å²) in [5.41, 5.74) is 2.74. The minimum absolute atomic E-state index is 0.282. The Balaban J connectivity index is 1.40. The lowest BCUT2D eigenvalue weighted by atomic mass is 9.81. The van der Waals surface area contributed by atoms with Crippen LogP contribution in [0.3, 0.4) is 0 Å². The van der Waals surface area contributed by atoms with Gasteiger partial charge >= 0.3 is 0 Å². The molecule has 4 rings (SSSR count). The number of benzene rings is 2. The molecule has 2 aliphatic heterocycles. The average Bonchev–Trinajstić information content (AvgIpc) is 2.65. The number of rotatable bonds is 3. The van der Waals surface area contributed by atoms with Crippen molar-refractivity contribution in [3.63, 3.8) is 0 Å². The van der Waals surface area contributed by atoms with E-state index in [9.17, 15) is 10.2 Å². The van der Waals surface area contributed by atoms with Crippen LogP contribution < -0.4 is 4.74 Å². The molecular formula is C22H27NO3. The van der Waals surface area contributed by atoms with E-state index in [1.165, 1.54) is 0 Å². The molecule has 0 aliphatic carbocycles. The van der Waals surface area contributed by atoms with Crippen molar-refractivity contribution in [2.24, 2.45) is 0 Å². The van der Waals surface area contributed by atoms with Gasteiger partial charge in [-0.25, -0.2) is 0 Å². The second kappa shape index (κ2) is 7.03. The number of aliphatic hydroxyl groups excluding tert-OH is 2. The summed E-state index contributed by atoms with van der Waals surface area (Å²) in [6.45, 7) is 4.42. The van der Waals surface area contributed by atoms with Crippen molar-refractivity contribution in [2.75, 3.05) is 19.6 Å². The van der Waals surface area contributed by atoms with Gasteiger partial charge in [0.05, 0.1) is 12.2 Å². The van der Waals surface area contributed by atoms with E-state index >= 15 is 0 Å². The molecule has 2 aromatic carbocycles. The van der Waals surface area contributed by atoms with E-state index in [0.29, 0.717) is 13.0 Å². The summed E-state index contributed by atoms with van der Waals surface area (Å²) >= 11 is 0. The average molecular weight is 353 g/mol. The molecule has 0 unspecified atom stereocenters. The van der Waals surface area contributed by atoms with Crippen molar-refractivity contribution in [1.29, 1.82) is 0 Å². The highest BCUT2D eigenvalue weighted by Gasteiger charge is 2.43. The van der Waals surface area contributed by atoms with Crippen molar-refractivity contribution < 1.29 is 14.9 Å². The van der Waals surface area contributed by atoms with Crippen LogP contribution >= 0.6 is 0 Å². The van der Waals surface area contributed by atoms with Crippen LogP contribution in [0.25, 0.3) is 0 Å². The number of piperidine rings is 1. The number of β-amino-alcohol motifs (C(OH)–C–C–N with tert-alkyl or cyclic N) is 1. The summed E-state index contributed by atoms with van der Waals surface area (Å²) in [6, 6.07) is 15.9. The van der Waals surface area contributed by atoms with Gasteiger partial charge in [-0.05, 0) is 37.5 Å². The molecule has 0 amide bonds. The molecule has 2 heterocycles. The van der Waals surface area contributed by atoms with Crippen LogP contribution in [0.5, 0.6) is 5.75 Å². The second-order valence-corrected chi connectivity index (χ2v) is 7.77. The number of likely N-dealkylation sites (tertiary alicyclic amines) is 1. The Kier molecular flexibility index (Phi) is 4.74. The molecule has 1 spiro atoms. The summed E-state index contributed by atoms with van der Waals surface area (Å²) in [6.07, 6.45) is 1.47. The molecular weight excluding hydrogens is 326 g/mol. The lowest BCUT2D eigenvalue weighted by Crippen LogP contribution is -2.51. The van der Waals surface area contributed by atoms with Crippen LogP contribution in [0, 0.1) is 6.92 Å². The number of hydrogen-bond donors (Lipinski definition) is 2. The fourth-order valence-corrected chi connectivity index (χ4v) is 4.23. The van der Waals surface area contributed by atoms with Gasteiger partial charge in [0, 0.05) is 31.6 Å². The van der Waals surface area contributed by atoms with Gasteiger partial charge in [0.2, 0.25) is 0 Å². The molecule has 0 radical (unpaired) electrons. The third-order valence-electron chi connectivity index (χ3n) is 5.80. The monoisotopic (exact) mass is 353 g/mol. The molecule has 4 heteroatoms. The van der Waals surface area contributed by atoms with Crippen LogP contribution in [-0.2, 0) is 0 Å². The lowest BCUT2D eigenvalue weighted by Gasteiger charge is -2.46. The smallest absolute Gasteiger partial charge is 0.125 e. The highest BCUT2D eigenvalue weighted by Crippen LogP contribution is 2.44. The van der Waals surface area contributed by atoms with Gasteiger partial charge in [0.1, 0.15) is 11.4 Å². The Bertz CT molecular complexity index is 753. The van der Waals surface area contributed by atoms with Gasteiger partial charge in [-0.15, -0.1) is 0 Å². The molecule has 2 N–H and O–H groups in total. The maximum Gasteiger partial charge on any atom is 0.125 e. The Hall–Kier alpha value is -1.88. The highest BCUT2D eigenvalue weighted by atomic mass is 16.5. The van der Waals surface area contributed by atoms with Crippen molar-refractivity contribution in [2.45, 2.75) is 44.0 Å². The predicted octanol–water partition coefficient (Wildman–Crippen LogP) is 3.38. The quantitative estimate of drug-likeness (QED) is 0.888. The zero-order valence-corrected chi connectivity index (χ0v) is 15.3. The molecule has 0 bridgehead atoms. The van der Waals surface area contributed by atoms with Crippen LogP contribution in [0.4, 0.5) is 0 Å². The Morgan fingerprint density at radius 3 is 2.62 bits per heavy atom. The van der Waals surface area contributed by atoms with Crippen molar-refractivity contribution in [3.8, 4) is 5.75 Å².